The predicted molar refractivity (Wildman–Crippen MR) is 151 cm³/mol. The largest absolute Gasteiger partial charge is 0.497 e. The number of thioether (sulfide) groups is 1. The standard InChI is InChI=1S/C27H30N4O3S2/c1-5-13-29(14-6-2)24-21(25(32)30-15-7-8-18(3)23(30)28-24)16-22-26(33)31(27(35)36-22)17-19-9-11-20(34-4)12-10-19/h7-12,15-16H,5-6,13-14,17H2,1-4H3. The van der Waals surface area contributed by atoms with Crippen LogP contribution in [0.1, 0.15) is 43.4 Å². The van der Waals surface area contributed by atoms with Crippen molar-refractivity contribution in [3.8, 4) is 5.75 Å². The topological polar surface area (TPSA) is 67.2 Å². The number of carbonyl (C=O) groups is 1. The number of fused-ring (bicyclic) bond motifs is 1. The monoisotopic (exact) mass is 522 g/mol. The van der Waals surface area contributed by atoms with Gasteiger partial charge in [0.05, 0.1) is 24.1 Å². The molecule has 0 aliphatic carbocycles. The summed E-state index contributed by atoms with van der Waals surface area (Å²) in [7, 11) is 1.61. The van der Waals surface area contributed by atoms with Crippen LogP contribution in [0.4, 0.5) is 5.82 Å². The van der Waals surface area contributed by atoms with Crippen molar-refractivity contribution in [2.45, 2.75) is 40.2 Å². The van der Waals surface area contributed by atoms with E-state index in [9.17, 15) is 9.59 Å². The van der Waals surface area contributed by atoms with E-state index in [1.165, 1.54) is 11.8 Å². The highest BCUT2D eigenvalue weighted by Gasteiger charge is 2.33. The van der Waals surface area contributed by atoms with E-state index < -0.39 is 0 Å². The lowest BCUT2D eigenvalue weighted by atomic mass is 10.2. The molecule has 1 aliphatic rings. The fraction of sp³-hybridized carbons (Fsp3) is 0.333. The van der Waals surface area contributed by atoms with Gasteiger partial charge in [0.2, 0.25) is 0 Å². The number of thiocarbonyl (C=S) groups is 1. The summed E-state index contributed by atoms with van der Waals surface area (Å²) in [5.74, 6) is 1.15. The van der Waals surface area contributed by atoms with Gasteiger partial charge in [-0.25, -0.2) is 4.98 Å². The molecule has 0 atom stereocenters. The molecule has 0 N–H and O–H groups in total. The van der Waals surface area contributed by atoms with Crippen molar-refractivity contribution in [1.82, 2.24) is 14.3 Å². The predicted octanol–water partition coefficient (Wildman–Crippen LogP) is 5.04. The van der Waals surface area contributed by atoms with Crippen molar-refractivity contribution in [2.75, 3.05) is 25.1 Å². The first-order chi connectivity index (χ1) is 17.4. The second-order valence-corrected chi connectivity index (χ2v) is 10.3. The summed E-state index contributed by atoms with van der Waals surface area (Å²) in [4.78, 5) is 36.1. The third-order valence-electron chi connectivity index (χ3n) is 6.00. The second kappa shape index (κ2) is 11.3. The van der Waals surface area contributed by atoms with Gasteiger partial charge in [-0.2, -0.15) is 0 Å². The highest BCUT2D eigenvalue weighted by atomic mass is 32.2. The smallest absolute Gasteiger partial charge is 0.267 e. The van der Waals surface area contributed by atoms with Crippen LogP contribution in [-0.4, -0.2) is 44.7 Å². The van der Waals surface area contributed by atoms with Crippen molar-refractivity contribution in [3.05, 3.63) is 74.5 Å². The van der Waals surface area contributed by atoms with Gasteiger partial charge in [-0.3, -0.25) is 18.9 Å². The Hall–Kier alpha value is -3.17. The second-order valence-electron chi connectivity index (χ2n) is 8.64. The molecule has 0 spiro atoms. The molecule has 0 radical (unpaired) electrons. The minimum atomic E-state index is -0.210. The van der Waals surface area contributed by atoms with Gasteiger partial charge in [0.15, 0.2) is 0 Å². The number of rotatable bonds is 9. The molecule has 0 bridgehead atoms. The molecule has 1 aromatic carbocycles. The number of nitrogens with zero attached hydrogens (tertiary/aromatic N) is 4. The number of ether oxygens (including phenoxy) is 1. The summed E-state index contributed by atoms with van der Waals surface area (Å²) in [6.07, 6.45) is 5.22. The van der Waals surface area contributed by atoms with Gasteiger partial charge < -0.3 is 9.64 Å². The van der Waals surface area contributed by atoms with Gasteiger partial charge in [0.25, 0.3) is 11.5 Å². The molecule has 4 rings (SSSR count). The van der Waals surface area contributed by atoms with Gasteiger partial charge in [-0.05, 0) is 55.2 Å². The van der Waals surface area contributed by atoms with Crippen LogP contribution in [0.25, 0.3) is 11.7 Å². The van der Waals surface area contributed by atoms with E-state index in [0.717, 1.165) is 42.8 Å². The summed E-state index contributed by atoms with van der Waals surface area (Å²) in [5, 5.41) is 0. The average Bonchev–Trinajstić information content (AvgIpc) is 3.13. The number of benzene rings is 1. The highest BCUT2D eigenvalue weighted by Crippen LogP contribution is 2.34. The highest BCUT2D eigenvalue weighted by molar-refractivity contribution is 8.26. The van der Waals surface area contributed by atoms with Gasteiger partial charge in [0, 0.05) is 19.3 Å². The lowest BCUT2D eigenvalue weighted by Crippen LogP contribution is -2.31. The van der Waals surface area contributed by atoms with Crippen LogP contribution in [0.3, 0.4) is 0 Å². The molecule has 188 valence electrons. The van der Waals surface area contributed by atoms with Gasteiger partial charge >= 0.3 is 0 Å². The fourth-order valence-corrected chi connectivity index (χ4v) is 5.45. The van der Waals surface area contributed by atoms with E-state index in [1.807, 2.05) is 43.3 Å². The SMILES string of the molecule is CCCN(CCC)c1nc2c(C)cccn2c(=O)c1C=C1SC(=S)N(Cc2ccc(OC)cc2)C1=O. The number of hydrogen-bond acceptors (Lipinski definition) is 7. The maximum absolute atomic E-state index is 13.7. The molecule has 3 heterocycles. The van der Waals surface area contributed by atoms with E-state index in [-0.39, 0.29) is 11.5 Å². The first kappa shape index (κ1) is 25.9. The molecule has 1 fully saturated rings. The first-order valence-electron chi connectivity index (χ1n) is 12.0. The van der Waals surface area contributed by atoms with Crippen molar-refractivity contribution in [2.24, 2.45) is 0 Å². The first-order valence-corrected chi connectivity index (χ1v) is 13.3. The van der Waals surface area contributed by atoms with Crippen molar-refractivity contribution in [3.63, 3.8) is 0 Å². The number of methoxy groups -OCH3 is 1. The average molecular weight is 523 g/mol. The molecule has 9 heteroatoms. The van der Waals surface area contributed by atoms with Crippen LogP contribution in [0.5, 0.6) is 5.75 Å². The van der Waals surface area contributed by atoms with E-state index in [0.29, 0.717) is 32.8 Å². The van der Waals surface area contributed by atoms with Gasteiger partial charge in [-0.15, -0.1) is 0 Å². The van der Waals surface area contributed by atoms with Gasteiger partial charge in [-0.1, -0.05) is 56.0 Å². The number of pyridine rings is 1. The third kappa shape index (κ3) is 5.17. The molecule has 36 heavy (non-hydrogen) atoms. The van der Waals surface area contributed by atoms with E-state index in [4.69, 9.17) is 21.9 Å². The number of hydrogen-bond donors (Lipinski definition) is 0. The fourth-order valence-electron chi connectivity index (χ4n) is 4.21. The molecular formula is C27H30N4O3S2. The maximum Gasteiger partial charge on any atom is 0.267 e. The summed E-state index contributed by atoms with van der Waals surface area (Å²) in [6.45, 7) is 8.03. The summed E-state index contributed by atoms with van der Waals surface area (Å²) < 4.78 is 7.24. The number of aryl methyl sites for hydroxylation is 1. The molecule has 1 amide bonds. The Morgan fingerprint density at radius 2 is 1.81 bits per heavy atom. The number of anilines is 1. The Kier molecular flexibility index (Phi) is 8.11. The Morgan fingerprint density at radius 1 is 1.11 bits per heavy atom. The molecule has 1 saturated heterocycles. The molecule has 7 nitrogen and oxygen atoms in total. The lowest BCUT2D eigenvalue weighted by molar-refractivity contribution is -0.122. The van der Waals surface area contributed by atoms with Crippen LogP contribution >= 0.6 is 24.0 Å². The Bertz CT molecular complexity index is 1380. The lowest BCUT2D eigenvalue weighted by Gasteiger charge is -2.25. The van der Waals surface area contributed by atoms with Crippen LogP contribution in [0.15, 0.2) is 52.3 Å². The molecular weight excluding hydrogens is 492 g/mol. The van der Waals surface area contributed by atoms with Crippen molar-refractivity contribution >= 4 is 51.7 Å². The zero-order chi connectivity index (χ0) is 25.8. The van der Waals surface area contributed by atoms with E-state index in [1.54, 1.807) is 28.7 Å². The number of aromatic nitrogens is 2. The third-order valence-corrected chi connectivity index (χ3v) is 7.38. The van der Waals surface area contributed by atoms with E-state index in [2.05, 4.69) is 18.7 Å². The molecule has 2 aromatic heterocycles. The Labute approximate surface area is 220 Å². The summed E-state index contributed by atoms with van der Waals surface area (Å²) >= 11 is 6.76. The summed E-state index contributed by atoms with van der Waals surface area (Å²) in [5.41, 5.74) is 2.69. The van der Waals surface area contributed by atoms with Crippen molar-refractivity contribution < 1.29 is 9.53 Å². The molecule has 0 unspecified atom stereocenters. The van der Waals surface area contributed by atoms with Crippen molar-refractivity contribution in [1.29, 1.82) is 0 Å². The zero-order valence-corrected chi connectivity index (χ0v) is 22.6. The summed E-state index contributed by atoms with van der Waals surface area (Å²) in [6, 6.07) is 11.3. The Morgan fingerprint density at radius 3 is 2.44 bits per heavy atom. The molecule has 3 aromatic rings. The maximum atomic E-state index is 13.7. The molecule has 0 saturated carbocycles. The van der Waals surface area contributed by atoms with Crippen LogP contribution in [-0.2, 0) is 11.3 Å². The minimum absolute atomic E-state index is 0.198. The zero-order valence-electron chi connectivity index (χ0n) is 21.0. The molecule has 1 aliphatic heterocycles. The normalized spacial score (nSPS) is 14.8. The van der Waals surface area contributed by atoms with Crippen LogP contribution < -0.4 is 15.2 Å². The quantitative estimate of drug-likeness (QED) is 0.288. The van der Waals surface area contributed by atoms with E-state index >= 15 is 0 Å². The number of carbonyl (C=O) groups excluding carboxylic acids is 1. The number of amides is 1. The Balaban J connectivity index is 1.77. The minimum Gasteiger partial charge on any atom is -0.497 e. The van der Waals surface area contributed by atoms with Crippen LogP contribution in [0.2, 0.25) is 0 Å². The van der Waals surface area contributed by atoms with Gasteiger partial charge in [0.1, 0.15) is 21.5 Å². The van der Waals surface area contributed by atoms with Crippen LogP contribution in [0, 0.1) is 6.92 Å².